The number of para-hydroxylation sites is 1. The van der Waals surface area contributed by atoms with Gasteiger partial charge in [0.1, 0.15) is 0 Å². The van der Waals surface area contributed by atoms with Gasteiger partial charge < -0.3 is 4.74 Å². The van der Waals surface area contributed by atoms with Gasteiger partial charge in [0.05, 0.1) is 11.1 Å². The first-order chi connectivity index (χ1) is 8.02. The molecular weight excluding hydrogens is 276 g/mol. The number of alkyl halides is 8. The van der Waals surface area contributed by atoms with Crippen LogP contribution in [-0.2, 0) is 6.18 Å². The Balaban J connectivity index is 3.40. The molecule has 0 saturated heterocycles. The van der Waals surface area contributed by atoms with Crippen molar-refractivity contribution in [1.82, 2.24) is 0 Å². The smallest absolute Gasteiger partial charge is 0.405 e. The van der Waals surface area contributed by atoms with Crippen LogP contribution in [-0.4, -0.2) is 6.36 Å². The average molecular weight is 280 g/mol. The first-order valence-corrected chi connectivity index (χ1v) is 4.26. The van der Waals surface area contributed by atoms with Crippen LogP contribution in [0, 0.1) is 0 Å². The summed E-state index contributed by atoms with van der Waals surface area (Å²) >= 11 is 0. The van der Waals surface area contributed by atoms with E-state index in [9.17, 15) is 35.1 Å². The zero-order valence-electron chi connectivity index (χ0n) is 8.24. The molecule has 1 nitrogen and oxygen atoms in total. The molecule has 1 aromatic carbocycles. The van der Waals surface area contributed by atoms with E-state index in [4.69, 9.17) is 0 Å². The molecule has 102 valence electrons. The van der Waals surface area contributed by atoms with Crippen LogP contribution in [0.5, 0.6) is 5.75 Å². The zero-order chi connectivity index (χ0) is 14.1. The SMILES string of the molecule is FC(F)c1cccc(C(F)(F)F)c1OC(F)(F)F. The first-order valence-electron chi connectivity index (χ1n) is 4.26. The van der Waals surface area contributed by atoms with Crippen molar-refractivity contribution < 1.29 is 39.9 Å². The monoisotopic (exact) mass is 280 g/mol. The van der Waals surface area contributed by atoms with Gasteiger partial charge in [0.2, 0.25) is 0 Å². The van der Waals surface area contributed by atoms with Crippen LogP contribution < -0.4 is 4.74 Å². The van der Waals surface area contributed by atoms with Crippen molar-refractivity contribution in [1.29, 1.82) is 0 Å². The van der Waals surface area contributed by atoms with E-state index in [2.05, 4.69) is 4.74 Å². The molecule has 0 radical (unpaired) electrons. The van der Waals surface area contributed by atoms with E-state index < -0.39 is 35.8 Å². The molecular formula is C9H4F8O. The summed E-state index contributed by atoms with van der Waals surface area (Å²) in [5.74, 6) is -1.92. The molecule has 1 aromatic rings. The molecule has 0 amide bonds. The number of benzene rings is 1. The lowest BCUT2D eigenvalue weighted by Gasteiger charge is -2.18. The summed E-state index contributed by atoms with van der Waals surface area (Å²) in [5, 5.41) is 0. The lowest BCUT2D eigenvalue weighted by Crippen LogP contribution is -2.21. The van der Waals surface area contributed by atoms with Gasteiger partial charge in [-0.05, 0) is 12.1 Å². The molecule has 1 rings (SSSR count). The fourth-order valence-corrected chi connectivity index (χ4v) is 1.18. The van der Waals surface area contributed by atoms with E-state index in [0.29, 0.717) is 12.1 Å². The van der Waals surface area contributed by atoms with Crippen LogP contribution in [0.15, 0.2) is 18.2 Å². The molecule has 0 aliphatic heterocycles. The molecule has 0 spiro atoms. The fourth-order valence-electron chi connectivity index (χ4n) is 1.18. The molecule has 18 heavy (non-hydrogen) atoms. The van der Waals surface area contributed by atoms with Gasteiger partial charge in [-0.15, -0.1) is 13.2 Å². The molecule has 0 aliphatic rings. The highest BCUT2D eigenvalue weighted by atomic mass is 19.4. The Morgan fingerprint density at radius 1 is 0.944 bits per heavy atom. The molecule has 0 atom stereocenters. The van der Waals surface area contributed by atoms with Crippen molar-refractivity contribution in [3.63, 3.8) is 0 Å². The molecule has 0 aliphatic carbocycles. The topological polar surface area (TPSA) is 9.23 Å². The molecule has 9 heteroatoms. The Morgan fingerprint density at radius 3 is 1.89 bits per heavy atom. The van der Waals surface area contributed by atoms with E-state index in [0.717, 1.165) is 0 Å². The van der Waals surface area contributed by atoms with Gasteiger partial charge >= 0.3 is 12.5 Å². The van der Waals surface area contributed by atoms with E-state index in [1.165, 1.54) is 0 Å². The van der Waals surface area contributed by atoms with Crippen molar-refractivity contribution in [2.75, 3.05) is 0 Å². The minimum atomic E-state index is -5.50. The maximum Gasteiger partial charge on any atom is 0.573 e. The molecule has 0 N–H and O–H groups in total. The fraction of sp³-hybridized carbons (Fsp3) is 0.333. The highest BCUT2D eigenvalue weighted by Crippen LogP contribution is 2.43. The van der Waals surface area contributed by atoms with Crippen molar-refractivity contribution in [3.8, 4) is 5.75 Å². The van der Waals surface area contributed by atoms with Gasteiger partial charge in [-0.3, -0.25) is 0 Å². The van der Waals surface area contributed by atoms with Crippen LogP contribution in [0.3, 0.4) is 0 Å². The third-order valence-electron chi connectivity index (χ3n) is 1.80. The minimum absolute atomic E-state index is 0.229. The normalized spacial score (nSPS) is 12.9. The third kappa shape index (κ3) is 3.47. The van der Waals surface area contributed by atoms with Gasteiger partial charge in [0, 0.05) is 0 Å². The maximum absolute atomic E-state index is 12.4. The Labute approximate surface area is 95.0 Å². The van der Waals surface area contributed by atoms with Crippen LogP contribution in [0.1, 0.15) is 17.6 Å². The summed E-state index contributed by atoms with van der Waals surface area (Å²) in [4.78, 5) is 0. The Kier molecular flexibility index (Phi) is 3.72. The van der Waals surface area contributed by atoms with Gasteiger partial charge in [-0.2, -0.15) is 13.2 Å². The second-order valence-corrected chi connectivity index (χ2v) is 3.07. The molecule has 0 fully saturated rings. The third-order valence-corrected chi connectivity index (χ3v) is 1.80. The van der Waals surface area contributed by atoms with Crippen molar-refractivity contribution in [3.05, 3.63) is 29.3 Å². The summed E-state index contributed by atoms with van der Waals surface area (Å²) < 4.78 is 101. The van der Waals surface area contributed by atoms with Gasteiger partial charge in [0.25, 0.3) is 6.43 Å². The summed E-state index contributed by atoms with van der Waals surface area (Å²) in [6.45, 7) is 0. The Morgan fingerprint density at radius 2 is 1.50 bits per heavy atom. The van der Waals surface area contributed by atoms with Gasteiger partial charge in [-0.25, -0.2) is 8.78 Å². The quantitative estimate of drug-likeness (QED) is 0.722. The van der Waals surface area contributed by atoms with Crippen molar-refractivity contribution >= 4 is 0 Å². The Hall–Kier alpha value is -1.54. The van der Waals surface area contributed by atoms with E-state index >= 15 is 0 Å². The van der Waals surface area contributed by atoms with Crippen molar-refractivity contribution in [2.24, 2.45) is 0 Å². The zero-order valence-corrected chi connectivity index (χ0v) is 8.24. The number of ether oxygens (including phenoxy) is 1. The highest BCUT2D eigenvalue weighted by Gasteiger charge is 2.41. The number of hydrogen-bond acceptors (Lipinski definition) is 1. The summed E-state index contributed by atoms with van der Waals surface area (Å²) in [6.07, 6.45) is -14.2. The van der Waals surface area contributed by atoms with Gasteiger partial charge in [0.15, 0.2) is 5.75 Å². The Bertz CT molecular complexity index is 420. The lowest BCUT2D eigenvalue weighted by molar-refractivity contribution is -0.276. The van der Waals surface area contributed by atoms with E-state index in [1.54, 1.807) is 0 Å². The predicted octanol–water partition coefficient (Wildman–Crippen LogP) is 4.54. The molecule has 0 saturated carbocycles. The van der Waals surface area contributed by atoms with E-state index in [1.807, 2.05) is 0 Å². The molecule has 0 unspecified atom stereocenters. The highest BCUT2D eigenvalue weighted by molar-refractivity contribution is 5.44. The predicted molar refractivity (Wildman–Crippen MR) is 43.1 cm³/mol. The number of halogens is 8. The molecule has 0 bridgehead atoms. The second kappa shape index (κ2) is 4.62. The number of hydrogen-bond donors (Lipinski definition) is 0. The standard InChI is InChI=1S/C9H4F8O/c10-7(11)4-2-1-3-5(8(12,13)14)6(4)18-9(15,16)17/h1-3,7H. The van der Waals surface area contributed by atoms with Gasteiger partial charge in [-0.1, -0.05) is 6.07 Å². The molecule has 0 heterocycles. The first kappa shape index (κ1) is 14.5. The average Bonchev–Trinajstić information content (AvgIpc) is 2.13. The van der Waals surface area contributed by atoms with Crippen LogP contribution >= 0.6 is 0 Å². The second-order valence-electron chi connectivity index (χ2n) is 3.07. The van der Waals surface area contributed by atoms with Crippen molar-refractivity contribution in [2.45, 2.75) is 19.0 Å². The summed E-state index contributed by atoms with van der Waals surface area (Å²) in [6, 6.07) is 1.24. The number of rotatable bonds is 2. The maximum atomic E-state index is 12.4. The van der Waals surface area contributed by atoms with Crippen LogP contribution in [0.4, 0.5) is 35.1 Å². The minimum Gasteiger partial charge on any atom is -0.405 e. The largest absolute Gasteiger partial charge is 0.573 e. The summed E-state index contributed by atoms with van der Waals surface area (Å²) in [7, 11) is 0. The van der Waals surface area contributed by atoms with Crippen LogP contribution in [0.2, 0.25) is 0 Å². The van der Waals surface area contributed by atoms with E-state index in [-0.39, 0.29) is 6.07 Å². The molecule has 0 aromatic heterocycles. The lowest BCUT2D eigenvalue weighted by atomic mass is 10.1. The summed E-state index contributed by atoms with van der Waals surface area (Å²) in [5.41, 5.74) is -3.38. The van der Waals surface area contributed by atoms with Crippen LogP contribution in [0.25, 0.3) is 0 Å².